The maximum Gasteiger partial charge on any atom is 0.222 e. The number of aromatic nitrogens is 3. The van der Waals surface area contributed by atoms with Gasteiger partial charge >= 0.3 is 0 Å². The number of rotatable bonds is 7. The first-order valence-corrected chi connectivity index (χ1v) is 7.43. The Morgan fingerprint density at radius 2 is 2.24 bits per heavy atom. The summed E-state index contributed by atoms with van der Waals surface area (Å²) in [6, 6.07) is 3.91. The molecule has 0 aliphatic carbocycles. The summed E-state index contributed by atoms with van der Waals surface area (Å²) in [4.78, 5) is 20.5. The number of imidazole rings is 1. The highest BCUT2D eigenvalue weighted by molar-refractivity contribution is 5.76. The number of pyridine rings is 1. The summed E-state index contributed by atoms with van der Waals surface area (Å²) >= 11 is 0. The van der Waals surface area contributed by atoms with Gasteiger partial charge in [0.15, 0.2) is 0 Å². The van der Waals surface area contributed by atoms with E-state index in [0.717, 1.165) is 24.2 Å². The van der Waals surface area contributed by atoms with E-state index in [4.69, 9.17) is 0 Å². The van der Waals surface area contributed by atoms with Crippen molar-refractivity contribution in [2.45, 2.75) is 45.7 Å². The Hall–Kier alpha value is -2.17. The molecule has 112 valence electrons. The predicted octanol–water partition coefficient (Wildman–Crippen LogP) is 2.50. The van der Waals surface area contributed by atoms with Crippen LogP contribution in [0.1, 0.15) is 44.1 Å². The lowest BCUT2D eigenvalue weighted by Gasteiger charge is -2.17. The molecule has 1 amide bonds. The van der Waals surface area contributed by atoms with Crippen LogP contribution in [0.4, 0.5) is 0 Å². The van der Waals surface area contributed by atoms with Crippen LogP contribution in [0.2, 0.25) is 0 Å². The number of nitrogens with one attached hydrogen (secondary N) is 1. The maximum atomic E-state index is 12.1. The minimum absolute atomic E-state index is 0.0274. The first-order valence-electron chi connectivity index (χ1n) is 7.43. The lowest BCUT2D eigenvalue weighted by Crippen LogP contribution is -2.29. The normalized spacial score (nSPS) is 12.1. The topological polar surface area (TPSA) is 59.8 Å². The van der Waals surface area contributed by atoms with Crippen molar-refractivity contribution in [2.75, 3.05) is 0 Å². The fraction of sp³-hybridized carbons (Fsp3) is 0.438. The molecule has 2 aromatic heterocycles. The van der Waals surface area contributed by atoms with Crippen LogP contribution in [0.3, 0.4) is 0 Å². The molecule has 5 nitrogen and oxygen atoms in total. The lowest BCUT2D eigenvalue weighted by molar-refractivity contribution is -0.122. The van der Waals surface area contributed by atoms with Crippen LogP contribution in [0.25, 0.3) is 0 Å². The highest BCUT2D eigenvalue weighted by Gasteiger charge is 2.13. The van der Waals surface area contributed by atoms with Crippen LogP contribution in [-0.2, 0) is 17.8 Å². The van der Waals surface area contributed by atoms with Gasteiger partial charge < -0.3 is 9.88 Å². The monoisotopic (exact) mass is 286 g/mol. The number of hydrogen-bond acceptors (Lipinski definition) is 3. The van der Waals surface area contributed by atoms with Crippen molar-refractivity contribution in [3.8, 4) is 0 Å². The van der Waals surface area contributed by atoms with Gasteiger partial charge in [0.25, 0.3) is 0 Å². The summed E-state index contributed by atoms with van der Waals surface area (Å²) in [5, 5.41) is 3.07. The van der Waals surface area contributed by atoms with Gasteiger partial charge in [0.05, 0.1) is 6.04 Å². The molecule has 2 heterocycles. The molecule has 0 spiro atoms. The van der Waals surface area contributed by atoms with E-state index in [-0.39, 0.29) is 11.9 Å². The predicted molar refractivity (Wildman–Crippen MR) is 81.6 cm³/mol. The van der Waals surface area contributed by atoms with Gasteiger partial charge in [0.2, 0.25) is 5.91 Å². The molecule has 0 saturated heterocycles. The Bertz CT molecular complexity index is 565. The zero-order chi connectivity index (χ0) is 15.1. The molecular formula is C16H22N4O. The molecule has 0 aliphatic rings. The third-order valence-electron chi connectivity index (χ3n) is 3.53. The van der Waals surface area contributed by atoms with Crippen LogP contribution in [0, 0.1) is 0 Å². The smallest absolute Gasteiger partial charge is 0.222 e. The second kappa shape index (κ2) is 7.57. The van der Waals surface area contributed by atoms with Crippen LogP contribution in [-0.4, -0.2) is 20.4 Å². The zero-order valence-corrected chi connectivity index (χ0v) is 12.6. The molecule has 0 unspecified atom stereocenters. The minimum atomic E-state index is 0.0274. The second-order valence-corrected chi connectivity index (χ2v) is 4.96. The van der Waals surface area contributed by atoms with Gasteiger partial charge in [-0.15, -0.1) is 0 Å². The molecule has 0 aromatic carbocycles. The van der Waals surface area contributed by atoms with Gasteiger partial charge in [-0.1, -0.05) is 19.9 Å². The highest BCUT2D eigenvalue weighted by Crippen LogP contribution is 2.15. The SMILES string of the molecule is CCc1nccn1CCC(=O)N[C@@H](CC)c1cccnc1. The van der Waals surface area contributed by atoms with E-state index in [2.05, 4.69) is 29.1 Å². The van der Waals surface area contributed by atoms with Crippen LogP contribution in [0.5, 0.6) is 0 Å². The molecule has 0 aliphatic heterocycles. The number of aryl methyl sites for hydroxylation is 2. The first-order chi connectivity index (χ1) is 10.2. The van der Waals surface area contributed by atoms with Crippen molar-refractivity contribution in [3.05, 3.63) is 48.3 Å². The van der Waals surface area contributed by atoms with E-state index in [1.165, 1.54) is 0 Å². The quantitative estimate of drug-likeness (QED) is 0.850. The Labute approximate surface area is 125 Å². The number of nitrogens with zero attached hydrogens (tertiary/aromatic N) is 3. The fourth-order valence-corrected chi connectivity index (χ4v) is 2.35. The molecule has 21 heavy (non-hydrogen) atoms. The third-order valence-corrected chi connectivity index (χ3v) is 3.53. The molecular weight excluding hydrogens is 264 g/mol. The summed E-state index contributed by atoms with van der Waals surface area (Å²) in [6.45, 7) is 4.79. The summed E-state index contributed by atoms with van der Waals surface area (Å²) < 4.78 is 2.03. The van der Waals surface area contributed by atoms with Crippen LogP contribution >= 0.6 is 0 Å². The standard InChI is InChI=1S/C16H22N4O/c1-3-14(13-6-5-8-17-12-13)19-16(21)7-10-20-11-9-18-15(20)4-2/h5-6,8-9,11-12,14H,3-4,7,10H2,1-2H3,(H,19,21)/t14-/m0/s1. The Kier molecular flexibility index (Phi) is 5.49. The van der Waals surface area contributed by atoms with Gasteiger partial charge in [-0.25, -0.2) is 4.98 Å². The molecule has 0 radical (unpaired) electrons. The van der Waals surface area contributed by atoms with E-state index in [0.29, 0.717) is 13.0 Å². The molecule has 2 aromatic rings. The fourth-order valence-electron chi connectivity index (χ4n) is 2.35. The highest BCUT2D eigenvalue weighted by atomic mass is 16.1. The van der Waals surface area contributed by atoms with Crippen molar-refractivity contribution in [1.29, 1.82) is 0 Å². The van der Waals surface area contributed by atoms with Gasteiger partial charge in [-0.05, 0) is 18.1 Å². The molecule has 0 saturated carbocycles. The summed E-state index contributed by atoms with van der Waals surface area (Å²) in [5.41, 5.74) is 1.05. The van der Waals surface area contributed by atoms with Crippen molar-refractivity contribution >= 4 is 5.91 Å². The van der Waals surface area contributed by atoms with Gasteiger partial charge in [-0.3, -0.25) is 9.78 Å². The molecule has 0 fully saturated rings. The molecule has 5 heteroatoms. The van der Waals surface area contributed by atoms with Gasteiger partial charge in [0.1, 0.15) is 5.82 Å². The second-order valence-electron chi connectivity index (χ2n) is 4.96. The summed E-state index contributed by atoms with van der Waals surface area (Å²) in [7, 11) is 0. The summed E-state index contributed by atoms with van der Waals surface area (Å²) in [6.07, 6.45) is 9.43. The summed E-state index contributed by atoms with van der Waals surface area (Å²) in [5.74, 6) is 1.07. The number of carbonyl (C=O) groups is 1. The number of amides is 1. The largest absolute Gasteiger partial charge is 0.349 e. The van der Waals surface area contributed by atoms with E-state index < -0.39 is 0 Å². The number of carbonyl (C=O) groups excluding carboxylic acids is 1. The average Bonchev–Trinajstić information content (AvgIpc) is 2.99. The Balaban J connectivity index is 1.89. The maximum absolute atomic E-state index is 12.1. The Morgan fingerprint density at radius 3 is 2.90 bits per heavy atom. The van der Waals surface area contributed by atoms with E-state index in [1.807, 2.05) is 22.9 Å². The van der Waals surface area contributed by atoms with E-state index >= 15 is 0 Å². The molecule has 2 rings (SSSR count). The Morgan fingerprint density at radius 1 is 1.38 bits per heavy atom. The number of hydrogen-bond donors (Lipinski definition) is 1. The van der Waals surface area contributed by atoms with E-state index in [1.54, 1.807) is 18.6 Å². The average molecular weight is 286 g/mol. The third kappa shape index (κ3) is 4.15. The van der Waals surface area contributed by atoms with Crippen molar-refractivity contribution in [2.24, 2.45) is 0 Å². The molecule has 1 atom stereocenters. The van der Waals surface area contributed by atoms with Gasteiger partial charge in [0, 0.05) is 44.2 Å². The molecule has 1 N–H and O–H groups in total. The van der Waals surface area contributed by atoms with Crippen LogP contribution in [0.15, 0.2) is 36.9 Å². The minimum Gasteiger partial charge on any atom is -0.349 e. The van der Waals surface area contributed by atoms with E-state index in [9.17, 15) is 4.79 Å². The van der Waals surface area contributed by atoms with Crippen molar-refractivity contribution in [3.63, 3.8) is 0 Å². The lowest BCUT2D eigenvalue weighted by atomic mass is 10.1. The molecule has 0 bridgehead atoms. The first kappa shape index (κ1) is 15.2. The van der Waals surface area contributed by atoms with Crippen LogP contribution < -0.4 is 5.32 Å². The van der Waals surface area contributed by atoms with Crippen molar-refractivity contribution < 1.29 is 4.79 Å². The van der Waals surface area contributed by atoms with Gasteiger partial charge in [-0.2, -0.15) is 0 Å². The van der Waals surface area contributed by atoms with Crippen molar-refractivity contribution in [1.82, 2.24) is 19.9 Å². The zero-order valence-electron chi connectivity index (χ0n) is 12.6.